The molecular formula is C29H27N3O3. The molecular weight excluding hydrogens is 438 g/mol. The molecule has 0 fully saturated rings. The molecule has 1 aromatic heterocycles. The molecule has 1 N–H and O–H groups in total. The smallest absolute Gasteiger partial charge is 0.261 e. The molecule has 6 rings (SSSR count). The number of fused-ring (bicyclic) bond motifs is 2. The van der Waals surface area contributed by atoms with Gasteiger partial charge in [-0.3, -0.25) is 4.79 Å². The number of hydrogen-bond acceptors (Lipinski definition) is 5. The van der Waals surface area contributed by atoms with Crippen molar-refractivity contribution in [2.75, 3.05) is 30.4 Å². The van der Waals surface area contributed by atoms with Crippen molar-refractivity contribution in [3.05, 3.63) is 89.0 Å². The summed E-state index contributed by atoms with van der Waals surface area (Å²) in [4.78, 5) is 20.7. The average Bonchev–Trinajstić information content (AvgIpc) is 2.90. The number of nitrogens with zero attached hydrogens (tertiary/aromatic N) is 2. The minimum atomic E-state index is -0.248. The summed E-state index contributed by atoms with van der Waals surface area (Å²) >= 11 is 0. The Kier molecular flexibility index (Phi) is 5.49. The van der Waals surface area contributed by atoms with E-state index in [1.807, 2.05) is 60.7 Å². The van der Waals surface area contributed by atoms with Crippen molar-refractivity contribution in [3.8, 4) is 5.75 Å². The monoisotopic (exact) mass is 465 g/mol. The second-order valence-corrected chi connectivity index (χ2v) is 9.07. The third-order valence-electron chi connectivity index (χ3n) is 6.81. The number of amides is 1. The quantitative estimate of drug-likeness (QED) is 0.425. The minimum Gasteiger partial charge on any atom is -0.497 e. The van der Waals surface area contributed by atoms with Crippen LogP contribution in [0.2, 0.25) is 0 Å². The van der Waals surface area contributed by atoms with Crippen molar-refractivity contribution in [1.29, 1.82) is 0 Å². The molecule has 6 nitrogen and oxygen atoms in total. The summed E-state index contributed by atoms with van der Waals surface area (Å²) in [7, 11) is 1.63. The lowest BCUT2D eigenvalue weighted by Gasteiger charge is -2.37. The number of carbonyl (C=O) groups excluding carboxylic acids is 1. The first-order chi connectivity index (χ1) is 17.2. The highest BCUT2D eigenvalue weighted by molar-refractivity contribution is 6.06. The lowest BCUT2D eigenvalue weighted by Crippen LogP contribution is -2.34. The summed E-state index contributed by atoms with van der Waals surface area (Å²) < 4.78 is 11.8. The summed E-state index contributed by atoms with van der Waals surface area (Å²) in [5, 5.41) is 3.94. The lowest BCUT2D eigenvalue weighted by atomic mass is 9.90. The summed E-state index contributed by atoms with van der Waals surface area (Å²) in [5.74, 6) is 0.500. The third-order valence-corrected chi connectivity index (χ3v) is 6.81. The fraction of sp³-hybridized carbons (Fsp3) is 0.241. The van der Waals surface area contributed by atoms with Crippen LogP contribution in [0.5, 0.6) is 5.75 Å². The predicted molar refractivity (Wildman–Crippen MR) is 138 cm³/mol. The Morgan fingerprint density at radius 2 is 1.77 bits per heavy atom. The van der Waals surface area contributed by atoms with Crippen LogP contribution < -0.4 is 20.5 Å². The van der Waals surface area contributed by atoms with Crippen molar-refractivity contribution in [2.24, 2.45) is 4.99 Å². The third kappa shape index (κ3) is 4.05. The molecule has 0 atom stereocenters. The Balaban J connectivity index is 1.55. The van der Waals surface area contributed by atoms with E-state index in [9.17, 15) is 4.79 Å². The zero-order valence-corrected chi connectivity index (χ0v) is 19.7. The highest BCUT2D eigenvalue weighted by Gasteiger charge is 2.27. The second-order valence-electron chi connectivity index (χ2n) is 9.07. The van der Waals surface area contributed by atoms with E-state index in [0.29, 0.717) is 16.8 Å². The normalized spacial score (nSPS) is 15.1. The van der Waals surface area contributed by atoms with Gasteiger partial charge in [0.1, 0.15) is 16.9 Å². The van der Waals surface area contributed by atoms with Crippen LogP contribution >= 0.6 is 0 Å². The number of aryl methyl sites for hydroxylation is 2. The minimum absolute atomic E-state index is 0.248. The van der Waals surface area contributed by atoms with Gasteiger partial charge in [0.25, 0.3) is 5.91 Å². The van der Waals surface area contributed by atoms with Gasteiger partial charge in [0.15, 0.2) is 0 Å². The molecule has 176 valence electrons. The fourth-order valence-corrected chi connectivity index (χ4v) is 5.19. The van der Waals surface area contributed by atoms with Crippen molar-refractivity contribution >= 4 is 33.9 Å². The summed E-state index contributed by atoms with van der Waals surface area (Å²) in [6.45, 7) is 2.18. The molecule has 0 radical (unpaired) electrons. The Morgan fingerprint density at radius 1 is 1.00 bits per heavy atom. The largest absolute Gasteiger partial charge is 0.497 e. The number of hydrogen-bond donors (Lipinski definition) is 1. The van der Waals surface area contributed by atoms with Gasteiger partial charge >= 0.3 is 0 Å². The molecule has 1 amide bonds. The number of benzene rings is 3. The molecule has 0 bridgehead atoms. The molecule has 6 heteroatoms. The number of anilines is 2. The first-order valence-corrected chi connectivity index (χ1v) is 12.1. The van der Waals surface area contributed by atoms with E-state index in [2.05, 4.69) is 16.3 Å². The van der Waals surface area contributed by atoms with E-state index in [1.54, 1.807) is 7.11 Å². The van der Waals surface area contributed by atoms with Gasteiger partial charge in [0.05, 0.1) is 12.8 Å². The first kappa shape index (κ1) is 21.5. The van der Waals surface area contributed by atoms with Crippen molar-refractivity contribution in [2.45, 2.75) is 25.7 Å². The SMILES string of the molecule is COc1ccc(N=c2oc3c4c5c(cc3cc2C(=O)Nc2ccccc2)CCCN5CCC4)cc1. The molecule has 2 aliphatic heterocycles. The number of para-hydroxylation sites is 1. The molecule has 0 saturated carbocycles. The van der Waals surface area contributed by atoms with Gasteiger partial charge in [-0.15, -0.1) is 0 Å². The lowest BCUT2D eigenvalue weighted by molar-refractivity contribution is 0.102. The van der Waals surface area contributed by atoms with Gasteiger partial charge in [-0.1, -0.05) is 18.2 Å². The van der Waals surface area contributed by atoms with E-state index in [-0.39, 0.29) is 5.91 Å². The van der Waals surface area contributed by atoms with Crippen LogP contribution in [0, 0.1) is 0 Å². The van der Waals surface area contributed by atoms with Gasteiger partial charge in [-0.2, -0.15) is 0 Å². The molecule has 3 aromatic carbocycles. The summed E-state index contributed by atoms with van der Waals surface area (Å²) in [6.07, 6.45) is 4.28. The fourth-order valence-electron chi connectivity index (χ4n) is 5.19. The average molecular weight is 466 g/mol. The number of ether oxygens (including phenoxy) is 1. The Bertz CT molecular complexity index is 1470. The van der Waals surface area contributed by atoms with Crippen LogP contribution in [0.4, 0.5) is 17.1 Å². The topological polar surface area (TPSA) is 67.1 Å². The molecule has 4 aromatic rings. The van der Waals surface area contributed by atoms with Gasteiger partial charge in [0, 0.05) is 35.4 Å². The van der Waals surface area contributed by atoms with E-state index in [4.69, 9.17) is 14.1 Å². The van der Waals surface area contributed by atoms with Gasteiger partial charge in [-0.25, -0.2) is 4.99 Å². The van der Waals surface area contributed by atoms with E-state index < -0.39 is 0 Å². The number of rotatable bonds is 4. The Labute approximate surface area is 203 Å². The number of carbonyl (C=O) groups is 1. The number of nitrogens with one attached hydrogen (secondary N) is 1. The maximum atomic E-state index is 13.4. The van der Waals surface area contributed by atoms with Crippen LogP contribution in [-0.2, 0) is 12.8 Å². The van der Waals surface area contributed by atoms with Gasteiger partial charge in [0.2, 0.25) is 5.55 Å². The van der Waals surface area contributed by atoms with E-state index >= 15 is 0 Å². The standard InChI is InChI=1S/C29H27N3O3/c1-34-23-13-11-22(12-14-23)31-29-25(28(33)30-21-8-3-2-4-9-21)18-20-17-19-7-5-15-32-16-6-10-24(26(19)32)27(20)35-29/h2-4,8-9,11-14,17-18H,5-7,10,15-16H2,1H3,(H,30,33). The van der Waals surface area contributed by atoms with Crippen molar-refractivity contribution < 1.29 is 13.9 Å². The summed E-state index contributed by atoms with van der Waals surface area (Å²) in [5.41, 5.74) is 6.88. The molecule has 0 spiro atoms. The van der Waals surface area contributed by atoms with Gasteiger partial charge in [-0.05, 0) is 79.8 Å². The van der Waals surface area contributed by atoms with Crippen LogP contribution in [-0.4, -0.2) is 26.1 Å². The maximum Gasteiger partial charge on any atom is 0.261 e. The van der Waals surface area contributed by atoms with Crippen LogP contribution in [0.25, 0.3) is 11.0 Å². The highest BCUT2D eigenvalue weighted by Crippen LogP contribution is 2.39. The predicted octanol–water partition coefficient (Wildman–Crippen LogP) is 5.62. The Morgan fingerprint density at radius 3 is 2.54 bits per heavy atom. The molecule has 0 saturated heterocycles. The van der Waals surface area contributed by atoms with Crippen LogP contribution in [0.3, 0.4) is 0 Å². The van der Waals surface area contributed by atoms with Gasteiger partial charge < -0.3 is 19.4 Å². The van der Waals surface area contributed by atoms with E-state index in [1.165, 1.54) is 16.8 Å². The van der Waals surface area contributed by atoms with Crippen molar-refractivity contribution in [1.82, 2.24) is 0 Å². The molecule has 35 heavy (non-hydrogen) atoms. The molecule has 2 aliphatic rings. The maximum absolute atomic E-state index is 13.4. The molecule has 0 aliphatic carbocycles. The zero-order valence-electron chi connectivity index (χ0n) is 19.7. The molecule has 3 heterocycles. The van der Waals surface area contributed by atoms with Crippen LogP contribution in [0.15, 0.2) is 76.1 Å². The van der Waals surface area contributed by atoms with Crippen LogP contribution in [0.1, 0.15) is 34.3 Å². The van der Waals surface area contributed by atoms with Crippen molar-refractivity contribution in [3.63, 3.8) is 0 Å². The molecule has 0 unspecified atom stereocenters. The highest BCUT2D eigenvalue weighted by atomic mass is 16.5. The first-order valence-electron chi connectivity index (χ1n) is 12.1. The number of methoxy groups -OCH3 is 1. The second kappa shape index (κ2) is 8.95. The zero-order chi connectivity index (χ0) is 23.8. The Hall–Kier alpha value is -4.06. The summed E-state index contributed by atoms with van der Waals surface area (Å²) in [6, 6.07) is 21.0. The van der Waals surface area contributed by atoms with E-state index in [0.717, 1.165) is 61.2 Å².